The summed E-state index contributed by atoms with van der Waals surface area (Å²) >= 11 is 0. The summed E-state index contributed by atoms with van der Waals surface area (Å²) in [5, 5.41) is 2.50. The zero-order valence-corrected chi connectivity index (χ0v) is 13.9. The van der Waals surface area contributed by atoms with E-state index in [1.165, 1.54) is 4.68 Å². The summed E-state index contributed by atoms with van der Waals surface area (Å²) in [7, 11) is 0. The Morgan fingerprint density at radius 2 is 1.73 bits per heavy atom. The molecule has 3 heterocycles. The molecule has 1 fully saturated rings. The molecule has 3 aromatic rings. The molecule has 9 nitrogen and oxygen atoms in total. The van der Waals surface area contributed by atoms with Crippen LogP contribution in [0.15, 0.2) is 58.1 Å². The number of para-hydroxylation sites is 1. The van der Waals surface area contributed by atoms with Crippen molar-refractivity contribution in [1.29, 1.82) is 0 Å². The Bertz CT molecular complexity index is 945. The fourth-order valence-corrected chi connectivity index (χ4v) is 2.93. The minimum atomic E-state index is -0.687. The third-order valence-corrected chi connectivity index (χ3v) is 4.27. The molecule has 1 amide bonds. The highest BCUT2D eigenvalue weighted by Gasteiger charge is 2.35. The third-order valence-electron chi connectivity index (χ3n) is 4.27. The number of amides is 1. The fraction of sp³-hybridized carbons (Fsp3) is 0.235. The van der Waals surface area contributed by atoms with Crippen molar-refractivity contribution < 1.29 is 14.0 Å². The maximum absolute atomic E-state index is 12.9. The van der Waals surface area contributed by atoms with E-state index in [-0.39, 0.29) is 11.6 Å². The first-order valence-corrected chi connectivity index (χ1v) is 8.24. The number of carbonyl (C=O) groups excluding carboxylic acids is 1. The van der Waals surface area contributed by atoms with Crippen LogP contribution in [-0.4, -0.2) is 52.2 Å². The predicted octanol–water partition coefficient (Wildman–Crippen LogP) is -0.00300. The number of carbonyl (C=O) groups is 1. The molecule has 0 bridgehead atoms. The molecule has 1 aromatic carbocycles. The summed E-state index contributed by atoms with van der Waals surface area (Å²) in [6, 6.07) is 10.8. The van der Waals surface area contributed by atoms with Crippen molar-refractivity contribution in [2.45, 2.75) is 0 Å². The van der Waals surface area contributed by atoms with Crippen LogP contribution in [0.2, 0.25) is 0 Å². The summed E-state index contributed by atoms with van der Waals surface area (Å²) < 4.78 is 6.23. The molecule has 132 valence electrons. The van der Waals surface area contributed by atoms with E-state index < -0.39 is 5.63 Å². The largest absolute Gasteiger partial charge is 0.441 e. The van der Waals surface area contributed by atoms with Crippen LogP contribution in [0.25, 0.3) is 5.69 Å². The molecule has 1 N–H and O–H groups in total. The van der Waals surface area contributed by atoms with Crippen LogP contribution >= 0.6 is 0 Å². The molecule has 1 saturated heterocycles. The van der Waals surface area contributed by atoms with E-state index in [4.69, 9.17) is 4.52 Å². The lowest BCUT2D eigenvalue weighted by atomic mass is 10.2. The summed E-state index contributed by atoms with van der Waals surface area (Å²) in [6.45, 7) is 2.13. The monoisotopic (exact) mass is 353 g/mol. The third kappa shape index (κ3) is 2.94. The molecule has 9 heteroatoms. The van der Waals surface area contributed by atoms with Crippen molar-refractivity contribution in [1.82, 2.24) is 20.1 Å². The molecule has 4 rings (SSSR count). The van der Waals surface area contributed by atoms with Crippen LogP contribution in [0.3, 0.4) is 0 Å². The Morgan fingerprint density at radius 1 is 1.04 bits per heavy atom. The Morgan fingerprint density at radius 3 is 2.42 bits per heavy atom. The van der Waals surface area contributed by atoms with Gasteiger partial charge in [0.05, 0.1) is 0 Å². The van der Waals surface area contributed by atoms with Gasteiger partial charge in [-0.2, -0.15) is 0 Å². The quantitative estimate of drug-likeness (QED) is 0.665. The predicted molar refractivity (Wildman–Crippen MR) is 91.0 cm³/mol. The van der Waals surface area contributed by atoms with Gasteiger partial charge in [0.15, 0.2) is 0 Å². The molecule has 0 spiro atoms. The number of H-pyrrole nitrogens is 1. The highest BCUT2D eigenvalue weighted by molar-refractivity contribution is 5.90. The lowest BCUT2D eigenvalue weighted by molar-refractivity contribution is -0.672. The average molecular weight is 353 g/mol. The number of aromatic amines is 1. The second-order valence-corrected chi connectivity index (χ2v) is 5.83. The van der Waals surface area contributed by atoms with Gasteiger partial charge in [0, 0.05) is 50.7 Å². The standard InChI is InChI=1S/C17H16N6O3/c24-15(14-16(25)26-20-23(14)13-5-2-1-3-6-13)21-9-11-22(12-10-21)17-18-7-4-8-19-17/h1-8H,9-12H2/p+1. The summed E-state index contributed by atoms with van der Waals surface area (Å²) in [6.07, 6.45) is 3.38. The maximum Gasteiger partial charge on any atom is 0.441 e. The van der Waals surface area contributed by atoms with E-state index >= 15 is 0 Å². The number of piperazine rings is 1. The van der Waals surface area contributed by atoms with Crippen molar-refractivity contribution in [3.8, 4) is 5.69 Å². The van der Waals surface area contributed by atoms with Crippen LogP contribution < -0.4 is 15.2 Å². The second-order valence-electron chi connectivity index (χ2n) is 5.83. The van der Waals surface area contributed by atoms with E-state index in [2.05, 4.69) is 15.2 Å². The van der Waals surface area contributed by atoms with Crippen molar-refractivity contribution in [3.05, 3.63) is 64.9 Å². The Hall–Kier alpha value is -3.49. The van der Waals surface area contributed by atoms with Gasteiger partial charge in [-0.1, -0.05) is 18.2 Å². The van der Waals surface area contributed by atoms with E-state index in [9.17, 15) is 9.59 Å². The molecular weight excluding hydrogens is 336 g/mol. The molecule has 1 aliphatic heterocycles. The number of rotatable bonds is 3. The minimum Gasteiger partial charge on any atom is -0.337 e. The van der Waals surface area contributed by atoms with E-state index in [1.807, 2.05) is 23.1 Å². The fourth-order valence-electron chi connectivity index (χ4n) is 2.93. The van der Waals surface area contributed by atoms with Crippen molar-refractivity contribution in [2.24, 2.45) is 0 Å². The van der Waals surface area contributed by atoms with Gasteiger partial charge in [0.1, 0.15) is 0 Å². The van der Waals surface area contributed by atoms with Gasteiger partial charge in [0.25, 0.3) is 0 Å². The average Bonchev–Trinajstić information content (AvgIpc) is 3.10. The van der Waals surface area contributed by atoms with Crippen LogP contribution in [0.1, 0.15) is 10.5 Å². The van der Waals surface area contributed by atoms with Crippen LogP contribution in [0.5, 0.6) is 0 Å². The Balaban J connectivity index is 1.53. The SMILES string of the molecule is O=C(c1c(=O)o[nH][n+]1-c1ccccc1)N1CCN(c2ncccn2)CC1. The molecule has 0 atom stereocenters. The van der Waals surface area contributed by atoms with Crippen LogP contribution in [-0.2, 0) is 0 Å². The number of anilines is 1. The number of hydrogen-bond donors (Lipinski definition) is 1. The maximum atomic E-state index is 12.9. The normalized spacial score (nSPS) is 14.5. The summed E-state index contributed by atoms with van der Waals surface area (Å²) in [5.41, 5.74) is -0.0775. The lowest BCUT2D eigenvalue weighted by Crippen LogP contribution is -2.53. The molecular formula is C17H17N6O3+. The van der Waals surface area contributed by atoms with Gasteiger partial charge in [-0.3, -0.25) is 9.32 Å². The van der Waals surface area contributed by atoms with Gasteiger partial charge in [0.2, 0.25) is 11.6 Å². The van der Waals surface area contributed by atoms with Crippen molar-refractivity contribution in [2.75, 3.05) is 31.1 Å². The first-order chi connectivity index (χ1) is 12.7. The molecule has 0 unspecified atom stereocenters. The molecule has 0 aliphatic carbocycles. The van der Waals surface area contributed by atoms with Gasteiger partial charge >= 0.3 is 17.2 Å². The van der Waals surface area contributed by atoms with Gasteiger partial charge in [-0.05, 0) is 16.0 Å². The van der Waals surface area contributed by atoms with Crippen molar-refractivity contribution in [3.63, 3.8) is 0 Å². The number of nitrogens with zero attached hydrogens (tertiary/aromatic N) is 5. The number of benzene rings is 1. The first kappa shape index (κ1) is 16.0. The minimum absolute atomic E-state index is 0.0411. The Labute approximate surface area is 148 Å². The van der Waals surface area contributed by atoms with E-state index in [0.29, 0.717) is 37.8 Å². The highest BCUT2D eigenvalue weighted by atomic mass is 16.5. The van der Waals surface area contributed by atoms with Crippen LogP contribution in [0.4, 0.5) is 5.95 Å². The first-order valence-electron chi connectivity index (χ1n) is 8.24. The Kier molecular flexibility index (Phi) is 4.18. The molecule has 0 saturated carbocycles. The van der Waals surface area contributed by atoms with E-state index in [0.717, 1.165) is 0 Å². The lowest BCUT2D eigenvalue weighted by Gasteiger charge is -2.33. The molecule has 1 aliphatic rings. The number of nitrogens with one attached hydrogen (secondary N) is 1. The van der Waals surface area contributed by atoms with Gasteiger partial charge in [-0.15, -0.1) is 0 Å². The van der Waals surface area contributed by atoms with Gasteiger partial charge in [-0.25, -0.2) is 14.8 Å². The van der Waals surface area contributed by atoms with E-state index in [1.54, 1.807) is 35.5 Å². The molecule has 2 aromatic heterocycles. The number of hydrogen-bond acceptors (Lipinski definition) is 6. The topological polar surface area (TPSA) is 99.2 Å². The zero-order chi connectivity index (χ0) is 17.9. The smallest absolute Gasteiger partial charge is 0.337 e. The van der Waals surface area contributed by atoms with Crippen molar-refractivity contribution >= 4 is 11.9 Å². The summed E-state index contributed by atoms with van der Waals surface area (Å²) in [4.78, 5) is 37.1. The van der Waals surface area contributed by atoms with Gasteiger partial charge < -0.3 is 9.80 Å². The molecule has 26 heavy (non-hydrogen) atoms. The second kappa shape index (κ2) is 6.79. The number of aromatic nitrogens is 4. The zero-order valence-electron chi connectivity index (χ0n) is 13.9. The van der Waals surface area contributed by atoms with Crippen LogP contribution in [0, 0.1) is 0 Å². The summed E-state index contributed by atoms with van der Waals surface area (Å²) in [5.74, 6) is 0.276. The highest BCUT2D eigenvalue weighted by Crippen LogP contribution is 2.11. The molecule has 0 radical (unpaired) electrons.